The second-order valence-electron chi connectivity index (χ2n) is 6.51. The zero-order valence-electron chi connectivity index (χ0n) is 11.9. The molecule has 5 rings (SSSR count). The van der Waals surface area contributed by atoms with E-state index in [1.165, 1.54) is 17.7 Å². The second-order valence-corrected chi connectivity index (χ2v) is 6.51. The van der Waals surface area contributed by atoms with Crippen molar-refractivity contribution in [3.8, 4) is 0 Å². The standard InChI is InChI=1S/C15H19N5O/c21-15-14-10-2-1-8(18-10)7-20(14)13-9-3-4-16-5-11(9)17-6-12(13)19-15/h6,8,10,14,16,18H,1-5,7H2,(H,19,21). The third kappa shape index (κ3) is 1.60. The number of rotatable bonds is 0. The molecule has 0 saturated carbocycles. The summed E-state index contributed by atoms with van der Waals surface area (Å²) in [6, 6.07) is 0.760. The number of hydrogen-bond acceptors (Lipinski definition) is 5. The fourth-order valence-electron chi connectivity index (χ4n) is 4.41. The molecule has 0 aromatic carbocycles. The number of nitrogens with zero attached hydrogens (tertiary/aromatic N) is 2. The van der Waals surface area contributed by atoms with Crippen LogP contribution in [0.15, 0.2) is 6.20 Å². The average Bonchev–Trinajstić information content (AvgIpc) is 2.88. The van der Waals surface area contributed by atoms with Gasteiger partial charge in [-0.2, -0.15) is 0 Å². The van der Waals surface area contributed by atoms with E-state index in [4.69, 9.17) is 0 Å². The molecule has 1 amide bonds. The first-order chi connectivity index (χ1) is 10.3. The molecule has 0 radical (unpaired) electrons. The summed E-state index contributed by atoms with van der Waals surface area (Å²) >= 11 is 0. The second kappa shape index (κ2) is 4.18. The molecule has 6 heteroatoms. The van der Waals surface area contributed by atoms with Gasteiger partial charge in [0, 0.05) is 30.7 Å². The van der Waals surface area contributed by atoms with Gasteiger partial charge in [0.1, 0.15) is 6.04 Å². The van der Waals surface area contributed by atoms with Crippen molar-refractivity contribution in [3.63, 3.8) is 0 Å². The van der Waals surface area contributed by atoms with E-state index in [0.717, 1.165) is 43.9 Å². The third-order valence-corrected chi connectivity index (χ3v) is 5.31. The van der Waals surface area contributed by atoms with Crippen LogP contribution in [0, 0.1) is 0 Å². The lowest BCUT2D eigenvalue weighted by molar-refractivity contribution is -0.118. The minimum absolute atomic E-state index is 0.0577. The van der Waals surface area contributed by atoms with Crippen LogP contribution in [0.1, 0.15) is 24.1 Å². The lowest BCUT2D eigenvalue weighted by Crippen LogP contribution is -2.64. The number of nitrogens with one attached hydrogen (secondary N) is 3. The SMILES string of the molecule is O=C1Nc2cnc3c(c2N2CC4CCC(N4)C12)CCNC3. The Hall–Kier alpha value is -1.66. The van der Waals surface area contributed by atoms with Crippen molar-refractivity contribution in [2.75, 3.05) is 23.3 Å². The molecule has 2 fully saturated rings. The largest absolute Gasteiger partial charge is 0.355 e. The fourth-order valence-corrected chi connectivity index (χ4v) is 4.41. The minimum Gasteiger partial charge on any atom is -0.355 e. The van der Waals surface area contributed by atoms with Gasteiger partial charge in [-0.25, -0.2) is 0 Å². The van der Waals surface area contributed by atoms with Gasteiger partial charge >= 0.3 is 0 Å². The Morgan fingerprint density at radius 2 is 2.29 bits per heavy atom. The molecule has 110 valence electrons. The van der Waals surface area contributed by atoms with Crippen molar-refractivity contribution >= 4 is 17.3 Å². The fraction of sp³-hybridized carbons (Fsp3) is 0.600. The first-order valence-electron chi connectivity index (χ1n) is 7.86. The number of piperazine rings is 1. The molecular formula is C15H19N5O. The van der Waals surface area contributed by atoms with Gasteiger partial charge in [-0.05, 0) is 25.8 Å². The Kier molecular flexibility index (Phi) is 2.37. The molecule has 5 heterocycles. The van der Waals surface area contributed by atoms with Gasteiger partial charge in [0.25, 0.3) is 0 Å². The molecule has 3 atom stereocenters. The molecule has 6 nitrogen and oxygen atoms in total. The Labute approximate surface area is 123 Å². The Balaban J connectivity index is 1.68. The number of carbonyl (C=O) groups excluding carboxylic acids is 1. The van der Waals surface area contributed by atoms with Crippen molar-refractivity contribution in [1.29, 1.82) is 0 Å². The van der Waals surface area contributed by atoms with Crippen molar-refractivity contribution in [2.45, 2.75) is 43.9 Å². The zero-order chi connectivity index (χ0) is 14.0. The molecule has 2 saturated heterocycles. The van der Waals surface area contributed by atoms with Crippen molar-refractivity contribution in [1.82, 2.24) is 15.6 Å². The molecule has 2 bridgehead atoms. The molecule has 0 spiro atoms. The van der Waals surface area contributed by atoms with Crippen molar-refractivity contribution in [3.05, 3.63) is 17.5 Å². The first-order valence-corrected chi connectivity index (χ1v) is 7.86. The highest BCUT2D eigenvalue weighted by molar-refractivity contribution is 6.05. The van der Waals surface area contributed by atoms with E-state index in [-0.39, 0.29) is 11.9 Å². The highest BCUT2D eigenvalue weighted by Crippen LogP contribution is 2.41. The number of hydrogen-bond donors (Lipinski definition) is 3. The Morgan fingerprint density at radius 1 is 1.33 bits per heavy atom. The van der Waals surface area contributed by atoms with Crippen LogP contribution in [-0.2, 0) is 17.8 Å². The van der Waals surface area contributed by atoms with Crippen molar-refractivity contribution < 1.29 is 4.79 Å². The van der Waals surface area contributed by atoms with Crippen molar-refractivity contribution in [2.24, 2.45) is 0 Å². The van der Waals surface area contributed by atoms with Crippen LogP contribution in [0.4, 0.5) is 11.4 Å². The van der Waals surface area contributed by atoms with Crippen LogP contribution < -0.4 is 20.9 Å². The maximum atomic E-state index is 12.5. The van der Waals surface area contributed by atoms with E-state index >= 15 is 0 Å². The molecule has 21 heavy (non-hydrogen) atoms. The maximum Gasteiger partial charge on any atom is 0.248 e. The van der Waals surface area contributed by atoms with Crippen LogP contribution >= 0.6 is 0 Å². The summed E-state index contributed by atoms with van der Waals surface area (Å²) in [6.45, 7) is 2.76. The van der Waals surface area contributed by atoms with Crippen LogP contribution in [-0.4, -0.2) is 42.1 Å². The summed E-state index contributed by atoms with van der Waals surface area (Å²) in [7, 11) is 0. The highest BCUT2D eigenvalue weighted by atomic mass is 16.2. The van der Waals surface area contributed by atoms with Gasteiger partial charge in [0.15, 0.2) is 0 Å². The van der Waals surface area contributed by atoms with E-state index in [2.05, 4.69) is 25.8 Å². The number of amides is 1. The number of aromatic nitrogens is 1. The summed E-state index contributed by atoms with van der Waals surface area (Å²) in [5.74, 6) is 0.121. The number of anilines is 2. The van der Waals surface area contributed by atoms with Gasteiger partial charge in [0.05, 0.1) is 23.3 Å². The Bertz CT molecular complexity index is 631. The normalized spacial score (nSPS) is 33.0. The molecule has 1 aromatic heterocycles. The van der Waals surface area contributed by atoms with Gasteiger partial charge in [0.2, 0.25) is 5.91 Å². The number of pyridine rings is 1. The van der Waals surface area contributed by atoms with Crippen LogP contribution in [0.5, 0.6) is 0 Å². The molecular weight excluding hydrogens is 266 g/mol. The molecule has 3 unspecified atom stereocenters. The number of fused-ring (bicyclic) bond motifs is 8. The van der Waals surface area contributed by atoms with E-state index < -0.39 is 0 Å². The quantitative estimate of drug-likeness (QED) is 0.625. The van der Waals surface area contributed by atoms with Gasteiger partial charge in [-0.1, -0.05) is 0 Å². The molecule has 3 N–H and O–H groups in total. The molecule has 1 aromatic rings. The lowest BCUT2D eigenvalue weighted by atomic mass is 9.95. The number of carbonyl (C=O) groups is 1. The summed E-state index contributed by atoms with van der Waals surface area (Å²) in [5.41, 5.74) is 4.61. The van der Waals surface area contributed by atoms with Crippen LogP contribution in [0.2, 0.25) is 0 Å². The van der Waals surface area contributed by atoms with Crippen LogP contribution in [0.25, 0.3) is 0 Å². The topological polar surface area (TPSA) is 69.3 Å². The summed E-state index contributed by atoms with van der Waals surface area (Å²) < 4.78 is 0. The lowest BCUT2D eigenvalue weighted by Gasteiger charge is -2.46. The first kappa shape index (κ1) is 11.9. The predicted molar refractivity (Wildman–Crippen MR) is 79.4 cm³/mol. The van der Waals surface area contributed by atoms with E-state index in [9.17, 15) is 4.79 Å². The maximum absolute atomic E-state index is 12.5. The molecule has 4 aliphatic heterocycles. The molecule has 4 aliphatic rings. The minimum atomic E-state index is -0.0577. The Morgan fingerprint density at radius 3 is 3.24 bits per heavy atom. The van der Waals surface area contributed by atoms with E-state index in [1.807, 2.05) is 6.20 Å². The highest BCUT2D eigenvalue weighted by Gasteiger charge is 2.47. The van der Waals surface area contributed by atoms with Gasteiger partial charge in [-0.15, -0.1) is 0 Å². The van der Waals surface area contributed by atoms with Gasteiger partial charge < -0.3 is 20.9 Å². The molecule has 0 aliphatic carbocycles. The summed E-state index contributed by atoms with van der Waals surface area (Å²) in [5, 5.41) is 10.1. The third-order valence-electron chi connectivity index (χ3n) is 5.31. The average molecular weight is 285 g/mol. The summed E-state index contributed by atoms with van der Waals surface area (Å²) in [6.07, 6.45) is 5.10. The van der Waals surface area contributed by atoms with E-state index in [1.54, 1.807) is 0 Å². The van der Waals surface area contributed by atoms with Gasteiger partial charge in [-0.3, -0.25) is 9.78 Å². The summed E-state index contributed by atoms with van der Waals surface area (Å²) in [4.78, 5) is 19.4. The monoisotopic (exact) mass is 285 g/mol. The van der Waals surface area contributed by atoms with E-state index in [0.29, 0.717) is 12.1 Å². The predicted octanol–water partition coefficient (Wildman–Crippen LogP) is -0.0114. The van der Waals surface area contributed by atoms with Crippen LogP contribution in [0.3, 0.4) is 0 Å². The zero-order valence-corrected chi connectivity index (χ0v) is 11.9. The smallest absolute Gasteiger partial charge is 0.248 e.